The quantitative estimate of drug-likeness (QED) is 0.631. The van der Waals surface area contributed by atoms with Crippen LogP contribution in [0.2, 0.25) is 0 Å². The van der Waals surface area contributed by atoms with Gasteiger partial charge in [-0.05, 0) is 37.3 Å². The number of pyridine rings is 1. The fourth-order valence-corrected chi connectivity index (χ4v) is 4.58. The summed E-state index contributed by atoms with van der Waals surface area (Å²) in [5, 5.41) is 4.64. The van der Waals surface area contributed by atoms with E-state index in [4.69, 9.17) is 4.98 Å². The van der Waals surface area contributed by atoms with Gasteiger partial charge in [0, 0.05) is 46.9 Å². The molecule has 5 heteroatoms. The maximum absolute atomic E-state index is 12.0. The Balaban J connectivity index is 1.53. The van der Waals surface area contributed by atoms with Crippen LogP contribution in [0.3, 0.4) is 0 Å². The van der Waals surface area contributed by atoms with E-state index in [0.29, 0.717) is 11.0 Å². The fourth-order valence-electron chi connectivity index (χ4n) is 4.58. The van der Waals surface area contributed by atoms with Gasteiger partial charge in [-0.15, -0.1) is 0 Å². The van der Waals surface area contributed by atoms with Crippen LogP contribution in [0.25, 0.3) is 22.4 Å². The van der Waals surface area contributed by atoms with Gasteiger partial charge < -0.3 is 0 Å². The van der Waals surface area contributed by atoms with Crippen LogP contribution >= 0.6 is 0 Å². The van der Waals surface area contributed by atoms with Gasteiger partial charge in [0.25, 0.3) is 5.91 Å². The number of carbonyl (C=O) groups excluding carboxylic acids is 1. The summed E-state index contributed by atoms with van der Waals surface area (Å²) in [5.74, 6) is -0.186. The number of aryl methyl sites for hydroxylation is 1. The Bertz CT molecular complexity index is 1140. The van der Waals surface area contributed by atoms with Crippen LogP contribution in [0.4, 0.5) is 0 Å². The first-order valence-corrected chi connectivity index (χ1v) is 10.2. The van der Waals surface area contributed by atoms with E-state index in [9.17, 15) is 4.79 Å². The average Bonchev–Trinajstić information content (AvgIpc) is 3.43. The third-order valence-corrected chi connectivity index (χ3v) is 6.21. The fraction of sp³-hybridized carbons (Fsp3) is 0.333. The normalized spacial score (nSPS) is 17.1. The summed E-state index contributed by atoms with van der Waals surface area (Å²) >= 11 is 0. The van der Waals surface area contributed by atoms with E-state index in [-0.39, 0.29) is 5.91 Å². The third kappa shape index (κ3) is 3.31. The van der Waals surface area contributed by atoms with Crippen molar-refractivity contribution in [3.8, 4) is 22.4 Å². The summed E-state index contributed by atoms with van der Waals surface area (Å²) in [4.78, 5) is 20.7. The van der Waals surface area contributed by atoms with Gasteiger partial charge in [-0.3, -0.25) is 14.5 Å². The molecule has 0 spiro atoms. The Morgan fingerprint density at radius 3 is 2.72 bits per heavy atom. The van der Waals surface area contributed by atoms with E-state index in [2.05, 4.69) is 34.0 Å². The Labute approximate surface area is 170 Å². The third-order valence-electron chi connectivity index (χ3n) is 6.21. The molecule has 0 bridgehead atoms. The van der Waals surface area contributed by atoms with E-state index in [1.165, 1.54) is 25.7 Å². The van der Waals surface area contributed by atoms with Gasteiger partial charge in [0.05, 0.1) is 17.5 Å². The Kier molecular flexibility index (Phi) is 4.19. The first-order valence-electron chi connectivity index (χ1n) is 10.2. The summed E-state index contributed by atoms with van der Waals surface area (Å²) in [6.07, 6.45) is 10.8. The largest absolute Gasteiger partial charge is 0.277 e. The standard InChI is InChI=1S/C24H24N4O/c1-16-5-8-20(19-13-26-28(14-19)15-24(2)9-3-4-10-24)22(27-16)17-6-7-18-12-25-23(29)21(18)11-17/h5-8,11-14H,3-4,9-10,15H2,1-2H3. The van der Waals surface area contributed by atoms with Gasteiger partial charge in [0.1, 0.15) is 0 Å². The zero-order chi connectivity index (χ0) is 20.0. The van der Waals surface area contributed by atoms with Crippen molar-refractivity contribution in [1.82, 2.24) is 14.8 Å². The van der Waals surface area contributed by atoms with Gasteiger partial charge in [0.15, 0.2) is 0 Å². The number of nitrogens with zero attached hydrogens (tertiary/aromatic N) is 4. The SMILES string of the molecule is Cc1ccc(-c2cnn(CC3(C)CCCC3)c2)c(-c2ccc3c(c2)C(=O)N=C3)n1. The molecule has 146 valence electrons. The van der Waals surface area contributed by atoms with E-state index >= 15 is 0 Å². The van der Waals surface area contributed by atoms with Crippen LogP contribution in [-0.2, 0) is 6.54 Å². The van der Waals surface area contributed by atoms with Crippen LogP contribution in [-0.4, -0.2) is 26.9 Å². The summed E-state index contributed by atoms with van der Waals surface area (Å²) in [6.45, 7) is 5.30. The molecular formula is C24H24N4O. The van der Waals surface area contributed by atoms with Crippen molar-refractivity contribution >= 4 is 12.1 Å². The first kappa shape index (κ1) is 18.0. The predicted molar refractivity (Wildman–Crippen MR) is 114 cm³/mol. The number of carbonyl (C=O) groups is 1. The van der Waals surface area contributed by atoms with Gasteiger partial charge in [0.2, 0.25) is 0 Å². The molecule has 0 unspecified atom stereocenters. The summed E-state index contributed by atoms with van der Waals surface area (Å²) in [6, 6.07) is 9.98. The van der Waals surface area contributed by atoms with Crippen LogP contribution in [0.1, 0.15) is 54.2 Å². The molecule has 3 heterocycles. The highest BCUT2D eigenvalue weighted by atomic mass is 16.1. The average molecular weight is 384 g/mol. The lowest BCUT2D eigenvalue weighted by molar-refractivity contribution is 0.101. The number of aromatic nitrogens is 3. The topological polar surface area (TPSA) is 60.1 Å². The van der Waals surface area contributed by atoms with E-state index in [1.807, 2.05) is 37.4 Å². The predicted octanol–water partition coefficient (Wildman–Crippen LogP) is 5.07. The molecule has 1 amide bonds. The number of hydrogen-bond donors (Lipinski definition) is 0. The van der Waals surface area contributed by atoms with Crippen molar-refractivity contribution in [2.75, 3.05) is 0 Å². The van der Waals surface area contributed by atoms with Crippen LogP contribution in [0.5, 0.6) is 0 Å². The number of amides is 1. The number of rotatable bonds is 4. The van der Waals surface area contributed by atoms with Gasteiger partial charge in [-0.25, -0.2) is 4.99 Å². The molecule has 0 saturated heterocycles. The second-order valence-electron chi connectivity index (χ2n) is 8.66. The molecule has 1 aliphatic carbocycles. The lowest BCUT2D eigenvalue weighted by atomic mass is 9.89. The molecule has 29 heavy (non-hydrogen) atoms. The minimum Gasteiger partial charge on any atom is -0.272 e. The summed E-state index contributed by atoms with van der Waals surface area (Å²) in [5.41, 5.74) is 6.68. The molecule has 1 fully saturated rings. The molecule has 1 aliphatic heterocycles. The molecule has 5 rings (SSSR count). The van der Waals surface area contributed by atoms with E-state index in [0.717, 1.165) is 40.2 Å². The van der Waals surface area contributed by atoms with Crippen molar-refractivity contribution in [2.45, 2.75) is 46.1 Å². The Morgan fingerprint density at radius 2 is 1.90 bits per heavy atom. The Morgan fingerprint density at radius 1 is 1.07 bits per heavy atom. The van der Waals surface area contributed by atoms with Gasteiger partial charge in [-0.1, -0.05) is 38.0 Å². The molecule has 2 aliphatic rings. The molecule has 0 atom stereocenters. The Hall–Kier alpha value is -3.08. The highest BCUT2D eigenvalue weighted by Crippen LogP contribution is 2.39. The lowest BCUT2D eigenvalue weighted by Crippen LogP contribution is -2.19. The zero-order valence-corrected chi connectivity index (χ0v) is 16.9. The smallest absolute Gasteiger partial charge is 0.272 e. The van der Waals surface area contributed by atoms with Crippen LogP contribution < -0.4 is 0 Å². The van der Waals surface area contributed by atoms with Crippen molar-refractivity contribution in [1.29, 1.82) is 0 Å². The van der Waals surface area contributed by atoms with E-state index < -0.39 is 0 Å². The minimum atomic E-state index is -0.186. The second kappa shape index (κ2) is 6.76. The first-order chi connectivity index (χ1) is 14.0. The van der Waals surface area contributed by atoms with Crippen molar-refractivity contribution in [3.05, 3.63) is 59.5 Å². The maximum atomic E-state index is 12.0. The molecule has 3 aromatic rings. The second-order valence-corrected chi connectivity index (χ2v) is 8.66. The molecule has 2 aromatic heterocycles. The maximum Gasteiger partial charge on any atom is 0.277 e. The summed E-state index contributed by atoms with van der Waals surface area (Å²) in [7, 11) is 0. The van der Waals surface area contributed by atoms with Gasteiger partial charge in [-0.2, -0.15) is 5.10 Å². The van der Waals surface area contributed by atoms with Crippen molar-refractivity contribution < 1.29 is 4.79 Å². The number of benzene rings is 1. The monoisotopic (exact) mass is 384 g/mol. The molecule has 0 radical (unpaired) electrons. The highest BCUT2D eigenvalue weighted by molar-refractivity contribution is 6.13. The minimum absolute atomic E-state index is 0.186. The molecule has 0 N–H and O–H groups in total. The molecule has 5 nitrogen and oxygen atoms in total. The van der Waals surface area contributed by atoms with E-state index in [1.54, 1.807) is 6.21 Å². The van der Waals surface area contributed by atoms with Crippen LogP contribution in [0.15, 0.2) is 47.7 Å². The number of aliphatic imine (C=N–C) groups is 1. The lowest BCUT2D eigenvalue weighted by Gasteiger charge is -2.22. The van der Waals surface area contributed by atoms with Crippen LogP contribution in [0, 0.1) is 12.3 Å². The highest BCUT2D eigenvalue weighted by Gasteiger charge is 2.29. The number of hydrogen-bond acceptors (Lipinski definition) is 3. The van der Waals surface area contributed by atoms with Crippen molar-refractivity contribution in [2.24, 2.45) is 10.4 Å². The molecular weight excluding hydrogens is 360 g/mol. The molecule has 1 saturated carbocycles. The molecule has 1 aromatic carbocycles. The number of fused-ring (bicyclic) bond motifs is 1. The summed E-state index contributed by atoms with van der Waals surface area (Å²) < 4.78 is 2.07. The zero-order valence-electron chi connectivity index (χ0n) is 16.9. The van der Waals surface area contributed by atoms with Gasteiger partial charge >= 0.3 is 0 Å². The van der Waals surface area contributed by atoms with Crippen molar-refractivity contribution in [3.63, 3.8) is 0 Å².